The highest BCUT2D eigenvalue weighted by Crippen LogP contribution is 2.22. The lowest BCUT2D eigenvalue weighted by atomic mass is 10.3. The maximum Gasteiger partial charge on any atom is 0.155 e. The number of hydrogen-bond donors (Lipinski definition) is 3. The first-order valence-electron chi connectivity index (χ1n) is 7.39. The van der Waals surface area contributed by atoms with Gasteiger partial charge in [0.25, 0.3) is 0 Å². The molecule has 0 saturated heterocycles. The monoisotopic (exact) mass is 313 g/mol. The van der Waals surface area contributed by atoms with Crippen LogP contribution >= 0.6 is 0 Å². The van der Waals surface area contributed by atoms with E-state index in [0.717, 1.165) is 25.3 Å². The minimum atomic E-state index is 0.502. The summed E-state index contributed by atoms with van der Waals surface area (Å²) in [5.74, 6) is 2.04. The van der Waals surface area contributed by atoms with Crippen LogP contribution in [-0.4, -0.2) is 26.1 Å². The van der Waals surface area contributed by atoms with Gasteiger partial charge in [0.05, 0.1) is 19.1 Å². The minimum Gasteiger partial charge on any atom is -0.467 e. The summed E-state index contributed by atoms with van der Waals surface area (Å²) in [4.78, 5) is 12.4. The lowest BCUT2D eigenvalue weighted by Crippen LogP contribution is -2.11. The minimum absolute atomic E-state index is 0.502. The zero-order valence-electron chi connectivity index (χ0n) is 12.6. The van der Waals surface area contributed by atoms with Gasteiger partial charge in [0.15, 0.2) is 11.6 Å². The van der Waals surface area contributed by atoms with Gasteiger partial charge in [0.2, 0.25) is 0 Å². The predicted molar refractivity (Wildman–Crippen MR) is 87.8 cm³/mol. The molecule has 23 heavy (non-hydrogen) atoms. The molecule has 0 aliphatic heterocycles. The molecule has 3 aromatic rings. The Balaban J connectivity index is 1.51. The van der Waals surface area contributed by atoms with E-state index in [4.69, 9.17) is 10.2 Å². The number of nitrogens with two attached hydrogens (primary N) is 1. The molecule has 8 nitrogen and oxygen atoms in total. The Morgan fingerprint density at radius 3 is 2.83 bits per heavy atom. The van der Waals surface area contributed by atoms with Crippen LogP contribution in [0.1, 0.15) is 12.2 Å². The number of nitrogen functional groups attached to an aromatic ring is 1. The van der Waals surface area contributed by atoms with Gasteiger partial charge in [0.1, 0.15) is 17.8 Å². The van der Waals surface area contributed by atoms with Crippen molar-refractivity contribution >= 4 is 17.3 Å². The second kappa shape index (κ2) is 7.30. The normalized spacial score (nSPS) is 10.6. The van der Waals surface area contributed by atoms with Gasteiger partial charge in [-0.3, -0.25) is 0 Å². The maximum atomic E-state index is 6.10. The van der Waals surface area contributed by atoms with Gasteiger partial charge in [-0.2, -0.15) is 0 Å². The number of aromatic nitrogens is 4. The summed E-state index contributed by atoms with van der Waals surface area (Å²) < 4.78 is 7.30. The Morgan fingerprint density at radius 2 is 2.09 bits per heavy atom. The number of anilines is 3. The topological polar surface area (TPSA) is 107 Å². The molecule has 3 aromatic heterocycles. The van der Waals surface area contributed by atoms with Gasteiger partial charge >= 0.3 is 0 Å². The molecule has 0 bridgehead atoms. The summed E-state index contributed by atoms with van der Waals surface area (Å²) >= 11 is 0. The SMILES string of the molecule is Nc1c(NCCCn2ccnc2)ncnc1NCc1ccco1. The molecule has 0 unspecified atom stereocenters. The van der Waals surface area contributed by atoms with E-state index in [-0.39, 0.29) is 0 Å². The molecule has 0 aliphatic carbocycles. The summed E-state index contributed by atoms with van der Waals surface area (Å²) in [5.41, 5.74) is 6.61. The van der Waals surface area contributed by atoms with Gasteiger partial charge in [-0.25, -0.2) is 15.0 Å². The molecule has 0 aromatic carbocycles. The number of rotatable bonds is 8. The van der Waals surface area contributed by atoms with E-state index in [9.17, 15) is 0 Å². The van der Waals surface area contributed by atoms with Crippen molar-refractivity contribution in [1.29, 1.82) is 0 Å². The number of imidazole rings is 1. The number of nitrogens with zero attached hydrogens (tertiary/aromatic N) is 4. The number of nitrogens with one attached hydrogen (secondary N) is 2. The maximum absolute atomic E-state index is 6.10. The molecule has 0 radical (unpaired) electrons. The molecular formula is C15H19N7O. The summed E-state index contributed by atoms with van der Waals surface area (Å²) in [7, 11) is 0. The van der Waals surface area contributed by atoms with E-state index < -0.39 is 0 Å². The van der Waals surface area contributed by atoms with E-state index in [2.05, 4.69) is 25.6 Å². The Hall–Kier alpha value is -3.03. The first-order chi connectivity index (χ1) is 11.3. The molecule has 3 heterocycles. The summed E-state index contributed by atoms with van der Waals surface area (Å²) in [6.07, 6.45) is 9.57. The van der Waals surface area contributed by atoms with Gasteiger partial charge in [-0.05, 0) is 18.6 Å². The fourth-order valence-corrected chi connectivity index (χ4v) is 2.15. The highest BCUT2D eigenvalue weighted by Gasteiger charge is 2.08. The lowest BCUT2D eigenvalue weighted by molar-refractivity contribution is 0.518. The van der Waals surface area contributed by atoms with Crippen molar-refractivity contribution in [3.63, 3.8) is 0 Å². The lowest BCUT2D eigenvalue weighted by Gasteiger charge is -2.12. The molecule has 0 saturated carbocycles. The number of furan rings is 1. The van der Waals surface area contributed by atoms with Crippen LogP contribution in [-0.2, 0) is 13.1 Å². The molecule has 8 heteroatoms. The molecule has 0 atom stereocenters. The third-order valence-corrected chi connectivity index (χ3v) is 3.34. The molecule has 120 valence electrons. The van der Waals surface area contributed by atoms with Crippen LogP contribution in [0.3, 0.4) is 0 Å². The second-order valence-electron chi connectivity index (χ2n) is 5.00. The zero-order valence-corrected chi connectivity index (χ0v) is 12.6. The van der Waals surface area contributed by atoms with Crippen molar-refractivity contribution in [2.45, 2.75) is 19.5 Å². The van der Waals surface area contributed by atoms with Crippen molar-refractivity contribution in [2.24, 2.45) is 0 Å². The fraction of sp³-hybridized carbons (Fsp3) is 0.267. The summed E-state index contributed by atoms with van der Waals surface area (Å²) in [5, 5.41) is 6.38. The van der Waals surface area contributed by atoms with E-state index in [1.807, 2.05) is 22.9 Å². The van der Waals surface area contributed by atoms with Gasteiger partial charge in [-0.15, -0.1) is 0 Å². The Bertz CT molecular complexity index is 710. The van der Waals surface area contributed by atoms with Crippen molar-refractivity contribution in [3.8, 4) is 0 Å². The van der Waals surface area contributed by atoms with Crippen LogP contribution in [0.15, 0.2) is 47.9 Å². The van der Waals surface area contributed by atoms with Crippen LogP contribution in [0.4, 0.5) is 17.3 Å². The fourth-order valence-electron chi connectivity index (χ4n) is 2.15. The van der Waals surface area contributed by atoms with E-state index in [0.29, 0.717) is 23.9 Å². The highest BCUT2D eigenvalue weighted by atomic mass is 16.3. The Labute approximate surface area is 133 Å². The molecule has 4 N–H and O–H groups in total. The zero-order chi connectivity index (χ0) is 15.9. The average molecular weight is 313 g/mol. The average Bonchev–Trinajstić information content (AvgIpc) is 3.25. The van der Waals surface area contributed by atoms with Crippen LogP contribution in [0, 0.1) is 0 Å². The Morgan fingerprint density at radius 1 is 1.22 bits per heavy atom. The highest BCUT2D eigenvalue weighted by molar-refractivity contribution is 5.73. The van der Waals surface area contributed by atoms with Crippen molar-refractivity contribution in [1.82, 2.24) is 19.5 Å². The standard InChI is InChI=1S/C15H19N7O/c16-13-14(18-4-2-6-22-7-5-17-11-22)20-10-21-15(13)19-9-12-3-1-8-23-12/h1,3,5,7-8,10-11H,2,4,6,9,16H2,(H2,18,19,20,21). The van der Waals surface area contributed by atoms with Crippen LogP contribution in [0.5, 0.6) is 0 Å². The van der Waals surface area contributed by atoms with E-state index in [1.54, 1.807) is 18.8 Å². The quantitative estimate of drug-likeness (QED) is 0.546. The van der Waals surface area contributed by atoms with E-state index >= 15 is 0 Å². The number of hydrogen-bond acceptors (Lipinski definition) is 7. The third kappa shape index (κ3) is 4.00. The molecule has 0 aliphatic rings. The number of aryl methyl sites for hydroxylation is 1. The first kappa shape index (κ1) is 14.9. The Kier molecular flexibility index (Phi) is 4.72. The van der Waals surface area contributed by atoms with Gasteiger partial charge < -0.3 is 25.4 Å². The van der Waals surface area contributed by atoms with Crippen molar-refractivity contribution in [3.05, 3.63) is 49.2 Å². The molecule has 0 spiro atoms. The largest absolute Gasteiger partial charge is 0.467 e. The smallest absolute Gasteiger partial charge is 0.155 e. The van der Waals surface area contributed by atoms with Crippen molar-refractivity contribution in [2.75, 3.05) is 22.9 Å². The molecule has 0 amide bonds. The third-order valence-electron chi connectivity index (χ3n) is 3.34. The summed E-state index contributed by atoms with van der Waals surface area (Å²) in [6.45, 7) is 2.17. The second-order valence-corrected chi connectivity index (χ2v) is 5.00. The van der Waals surface area contributed by atoms with Gasteiger partial charge in [0, 0.05) is 25.5 Å². The van der Waals surface area contributed by atoms with Gasteiger partial charge in [-0.1, -0.05) is 0 Å². The van der Waals surface area contributed by atoms with Crippen molar-refractivity contribution < 1.29 is 4.42 Å². The summed E-state index contributed by atoms with van der Waals surface area (Å²) in [6, 6.07) is 3.73. The molecule has 0 fully saturated rings. The molecule has 3 rings (SSSR count). The molecular weight excluding hydrogens is 294 g/mol. The van der Waals surface area contributed by atoms with Crippen LogP contribution in [0.2, 0.25) is 0 Å². The van der Waals surface area contributed by atoms with Crippen LogP contribution in [0.25, 0.3) is 0 Å². The predicted octanol–water partition coefficient (Wildman–Crippen LogP) is 1.96. The van der Waals surface area contributed by atoms with Crippen LogP contribution < -0.4 is 16.4 Å². The van der Waals surface area contributed by atoms with E-state index in [1.165, 1.54) is 6.33 Å². The first-order valence-corrected chi connectivity index (χ1v) is 7.39.